The summed E-state index contributed by atoms with van der Waals surface area (Å²) in [5.41, 5.74) is 3.32. The lowest BCUT2D eigenvalue weighted by atomic mass is 10.0. The molecule has 3 aromatic carbocycles. The molecule has 0 spiro atoms. The van der Waals surface area contributed by atoms with Gasteiger partial charge in [0.15, 0.2) is 0 Å². The molecule has 0 amide bonds. The molecule has 144 valence electrons. The van der Waals surface area contributed by atoms with Crippen LogP contribution in [0.1, 0.15) is 11.1 Å². The first kappa shape index (κ1) is 19.9. The van der Waals surface area contributed by atoms with Crippen molar-refractivity contribution in [2.45, 2.75) is 11.8 Å². The van der Waals surface area contributed by atoms with Gasteiger partial charge < -0.3 is 4.74 Å². The van der Waals surface area contributed by atoms with E-state index in [0.717, 1.165) is 22.4 Å². The van der Waals surface area contributed by atoms with Crippen LogP contribution in [0, 0.1) is 6.92 Å². The third-order valence-corrected chi connectivity index (χ3v) is 5.72. The molecule has 1 N–H and O–H groups in total. The van der Waals surface area contributed by atoms with Gasteiger partial charge >= 0.3 is 0 Å². The number of ether oxygens (including phenoxy) is 1. The number of hydrogen-bond donors (Lipinski definition) is 1. The molecule has 0 atom stereocenters. The van der Waals surface area contributed by atoms with E-state index < -0.39 is 10.0 Å². The zero-order chi connectivity index (χ0) is 20.1. The SMILES string of the molecule is COc1ccc(-c2cccc(Cl)c2/C=N/NS(=O)(=O)c2ccc(C)cc2)cc1. The third kappa shape index (κ3) is 4.52. The van der Waals surface area contributed by atoms with Crippen LogP contribution in [0.5, 0.6) is 5.75 Å². The van der Waals surface area contributed by atoms with Crippen LogP contribution in [-0.2, 0) is 10.0 Å². The van der Waals surface area contributed by atoms with Crippen molar-refractivity contribution in [1.29, 1.82) is 0 Å². The van der Waals surface area contributed by atoms with Crippen LogP contribution in [0.15, 0.2) is 76.7 Å². The molecule has 5 nitrogen and oxygen atoms in total. The summed E-state index contributed by atoms with van der Waals surface area (Å²) >= 11 is 6.33. The van der Waals surface area contributed by atoms with E-state index in [1.165, 1.54) is 18.3 Å². The monoisotopic (exact) mass is 414 g/mol. The Balaban J connectivity index is 1.88. The minimum atomic E-state index is -3.75. The number of hydrogen-bond acceptors (Lipinski definition) is 4. The van der Waals surface area contributed by atoms with Crippen molar-refractivity contribution in [1.82, 2.24) is 4.83 Å². The van der Waals surface area contributed by atoms with E-state index in [4.69, 9.17) is 16.3 Å². The molecule has 7 heteroatoms. The van der Waals surface area contributed by atoms with Gasteiger partial charge in [0.2, 0.25) is 0 Å². The summed E-state index contributed by atoms with van der Waals surface area (Å²) < 4.78 is 29.9. The van der Waals surface area contributed by atoms with Gasteiger partial charge in [-0.15, -0.1) is 0 Å². The number of nitrogens with one attached hydrogen (secondary N) is 1. The highest BCUT2D eigenvalue weighted by molar-refractivity contribution is 7.89. The minimum Gasteiger partial charge on any atom is -0.497 e. The number of methoxy groups -OCH3 is 1. The van der Waals surface area contributed by atoms with Crippen molar-refractivity contribution in [3.8, 4) is 16.9 Å². The summed E-state index contributed by atoms with van der Waals surface area (Å²) in [4.78, 5) is 2.37. The normalized spacial score (nSPS) is 11.5. The Morgan fingerprint density at radius 2 is 1.68 bits per heavy atom. The Kier molecular flexibility index (Phi) is 6.02. The molecule has 0 heterocycles. The van der Waals surface area contributed by atoms with Gasteiger partial charge in [0.1, 0.15) is 5.75 Å². The van der Waals surface area contributed by atoms with Crippen molar-refractivity contribution in [3.63, 3.8) is 0 Å². The smallest absolute Gasteiger partial charge is 0.276 e. The van der Waals surface area contributed by atoms with E-state index in [2.05, 4.69) is 9.93 Å². The maximum atomic E-state index is 12.4. The summed E-state index contributed by atoms with van der Waals surface area (Å²) in [5, 5.41) is 4.39. The Morgan fingerprint density at radius 1 is 1.00 bits per heavy atom. The van der Waals surface area contributed by atoms with Crippen molar-refractivity contribution < 1.29 is 13.2 Å². The Hall–Kier alpha value is -2.83. The van der Waals surface area contributed by atoms with E-state index in [0.29, 0.717) is 10.6 Å². The van der Waals surface area contributed by atoms with Gasteiger partial charge in [-0.1, -0.05) is 53.6 Å². The van der Waals surface area contributed by atoms with Gasteiger partial charge in [0.25, 0.3) is 10.0 Å². The highest BCUT2D eigenvalue weighted by Crippen LogP contribution is 2.29. The molecule has 0 bridgehead atoms. The lowest BCUT2D eigenvalue weighted by Gasteiger charge is -2.09. The topological polar surface area (TPSA) is 67.8 Å². The third-order valence-electron chi connectivity index (χ3n) is 4.15. The van der Waals surface area contributed by atoms with Crippen LogP contribution in [0.4, 0.5) is 0 Å². The number of benzene rings is 3. The fraction of sp³-hybridized carbons (Fsp3) is 0.0952. The number of aryl methyl sites for hydroxylation is 1. The van der Waals surface area contributed by atoms with Crippen LogP contribution >= 0.6 is 11.6 Å². The van der Waals surface area contributed by atoms with E-state index >= 15 is 0 Å². The molecule has 0 unspecified atom stereocenters. The van der Waals surface area contributed by atoms with Gasteiger partial charge in [-0.3, -0.25) is 0 Å². The van der Waals surface area contributed by atoms with E-state index in [1.807, 2.05) is 43.3 Å². The Bertz CT molecular complexity index is 1090. The number of sulfonamides is 1. The Labute approximate surface area is 169 Å². The zero-order valence-electron chi connectivity index (χ0n) is 15.4. The lowest BCUT2D eigenvalue weighted by Crippen LogP contribution is -2.18. The van der Waals surface area contributed by atoms with E-state index in [-0.39, 0.29) is 4.90 Å². The average molecular weight is 415 g/mol. The predicted molar refractivity (Wildman–Crippen MR) is 113 cm³/mol. The van der Waals surface area contributed by atoms with Crippen LogP contribution in [-0.4, -0.2) is 21.7 Å². The predicted octanol–water partition coefficient (Wildman–Crippen LogP) is 4.64. The van der Waals surface area contributed by atoms with Crippen molar-refractivity contribution >= 4 is 27.8 Å². The second-order valence-electron chi connectivity index (χ2n) is 6.10. The largest absolute Gasteiger partial charge is 0.497 e. The first-order valence-electron chi connectivity index (χ1n) is 8.45. The molecule has 3 rings (SSSR count). The van der Waals surface area contributed by atoms with E-state index in [9.17, 15) is 8.42 Å². The number of hydrazone groups is 1. The van der Waals surface area contributed by atoms with Gasteiger partial charge in [0, 0.05) is 5.56 Å². The molecule has 0 saturated heterocycles. The lowest BCUT2D eigenvalue weighted by molar-refractivity contribution is 0.415. The molecular weight excluding hydrogens is 396 g/mol. The summed E-state index contributed by atoms with van der Waals surface area (Å²) in [6, 6.07) is 19.5. The fourth-order valence-electron chi connectivity index (χ4n) is 2.62. The Morgan fingerprint density at radius 3 is 2.32 bits per heavy atom. The first-order valence-corrected chi connectivity index (χ1v) is 10.3. The second kappa shape index (κ2) is 8.46. The molecule has 0 radical (unpaired) electrons. The van der Waals surface area contributed by atoms with Gasteiger partial charge in [-0.25, -0.2) is 4.83 Å². The van der Waals surface area contributed by atoms with Gasteiger partial charge in [-0.05, 0) is 48.4 Å². The zero-order valence-corrected chi connectivity index (χ0v) is 17.0. The first-order chi connectivity index (χ1) is 13.4. The summed E-state index contributed by atoms with van der Waals surface area (Å²) in [6.45, 7) is 1.89. The number of rotatable bonds is 6. The standard InChI is InChI=1S/C21H19ClN2O3S/c1-15-6-12-18(13-7-15)28(25,26)24-23-14-20-19(4-3-5-21(20)22)16-8-10-17(27-2)11-9-16/h3-14,24H,1-2H3/b23-14+. The molecule has 0 aliphatic heterocycles. The summed E-state index contributed by atoms with van der Waals surface area (Å²) in [6.07, 6.45) is 1.41. The highest BCUT2D eigenvalue weighted by atomic mass is 35.5. The van der Waals surface area contributed by atoms with Gasteiger partial charge in [-0.2, -0.15) is 13.5 Å². The minimum absolute atomic E-state index is 0.143. The van der Waals surface area contributed by atoms with Crippen LogP contribution in [0.3, 0.4) is 0 Å². The van der Waals surface area contributed by atoms with Crippen molar-refractivity contribution in [2.24, 2.45) is 5.10 Å². The quantitative estimate of drug-likeness (QED) is 0.472. The number of halogens is 1. The summed E-state index contributed by atoms with van der Waals surface area (Å²) in [5.74, 6) is 0.742. The van der Waals surface area contributed by atoms with E-state index in [1.54, 1.807) is 25.3 Å². The fourth-order valence-corrected chi connectivity index (χ4v) is 3.64. The molecule has 3 aromatic rings. The molecule has 0 aromatic heterocycles. The maximum absolute atomic E-state index is 12.4. The average Bonchev–Trinajstić information content (AvgIpc) is 2.69. The van der Waals surface area contributed by atoms with Crippen LogP contribution < -0.4 is 9.57 Å². The molecule has 0 aliphatic rings. The van der Waals surface area contributed by atoms with Crippen molar-refractivity contribution in [2.75, 3.05) is 7.11 Å². The second-order valence-corrected chi connectivity index (χ2v) is 8.16. The molecular formula is C21H19ClN2O3S. The molecule has 0 aliphatic carbocycles. The molecule has 28 heavy (non-hydrogen) atoms. The maximum Gasteiger partial charge on any atom is 0.276 e. The van der Waals surface area contributed by atoms with Crippen LogP contribution in [0.2, 0.25) is 5.02 Å². The number of nitrogens with zero attached hydrogens (tertiary/aromatic N) is 1. The summed E-state index contributed by atoms with van der Waals surface area (Å²) in [7, 11) is -2.15. The molecule has 0 saturated carbocycles. The van der Waals surface area contributed by atoms with Gasteiger partial charge in [0.05, 0.1) is 23.2 Å². The van der Waals surface area contributed by atoms with Crippen LogP contribution in [0.25, 0.3) is 11.1 Å². The highest BCUT2D eigenvalue weighted by Gasteiger charge is 2.13. The van der Waals surface area contributed by atoms with Crippen molar-refractivity contribution in [3.05, 3.63) is 82.9 Å². The molecule has 0 fully saturated rings.